The summed E-state index contributed by atoms with van der Waals surface area (Å²) in [6.45, 7) is 12.2. The molecule has 0 aromatic heterocycles. The number of rotatable bonds is 5. The standard InChI is InChI=1S/C20H28F6O/c1-7-17(5,6)15(12-16(2,3)4)13-8-10-14(11-9-13)18(27,19(21,22)23)20(24,25)26/h8-11,15,27H,7,12H2,1-6H3. The minimum atomic E-state index is -5.87. The first kappa shape index (κ1) is 23.8. The van der Waals surface area contributed by atoms with Gasteiger partial charge in [0.25, 0.3) is 5.60 Å². The Labute approximate surface area is 156 Å². The molecule has 0 amide bonds. The first-order chi connectivity index (χ1) is 11.9. The van der Waals surface area contributed by atoms with Gasteiger partial charge in [-0.2, -0.15) is 26.3 Å². The Kier molecular flexibility index (Phi) is 6.43. The summed E-state index contributed by atoms with van der Waals surface area (Å²) in [6.07, 6.45) is -10.2. The first-order valence-electron chi connectivity index (χ1n) is 8.83. The molecule has 0 fully saturated rings. The van der Waals surface area contributed by atoms with E-state index in [0.29, 0.717) is 5.56 Å². The van der Waals surface area contributed by atoms with Gasteiger partial charge < -0.3 is 5.11 Å². The molecule has 1 atom stereocenters. The lowest BCUT2D eigenvalue weighted by atomic mass is 9.67. The van der Waals surface area contributed by atoms with Crippen LogP contribution in [0.15, 0.2) is 24.3 Å². The third kappa shape index (κ3) is 4.98. The normalized spacial score (nSPS) is 15.7. The molecule has 7 heteroatoms. The summed E-state index contributed by atoms with van der Waals surface area (Å²) in [4.78, 5) is 0. The molecule has 0 aliphatic heterocycles. The Morgan fingerprint density at radius 2 is 1.22 bits per heavy atom. The molecule has 1 unspecified atom stereocenters. The number of aliphatic hydroxyl groups is 1. The van der Waals surface area contributed by atoms with Gasteiger partial charge in [0.2, 0.25) is 0 Å². The van der Waals surface area contributed by atoms with Crippen molar-refractivity contribution in [1.29, 1.82) is 0 Å². The van der Waals surface area contributed by atoms with Crippen LogP contribution >= 0.6 is 0 Å². The molecular weight excluding hydrogens is 370 g/mol. The minimum Gasteiger partial charge on any atom is -0.369 e. The number of hydrogen-bond donors (Lipinski definition) is 1. The fourth-order valence-electron chi connectivity index (χ4n) is 3.15. The molecule has 1 N–H and O–H groups in total. The van der Waals surface area contributed by atoms with E-state index in [0.717, 1.165) is 25.0 Å². The third-order valence-electron chi connectivity index (χ3n) is 5.22. The van der Waals surface area contributed by atoms with Crippen molar-refractivity contribution in [2.24, 2.45) is 10.8 Å². The van der Waals surface area contributed by atoms with Gasteiger partial charge in [0.15, 0.2) is 0 Å². The summed E-state index contributed by atoms with van der Waals surface area (Å²) in [6, 6.07) is 4.01. The van der Waals surface area contributed by atoms with E-state index >= 15 is 0 Å². The van der Waals surface area contributed by atoms with Gasteiger partial charge in [0.1, 0.15) is 0 Å². The van der Waals surface area contributed by atoms with Gasteiger partial charge in [-0.3, -0.25) is 0 Å². The summed E-state index contributed by atoms with van der Waals surface area (Å²) >= 11 is 0. The quantitative estimate of drug-likeness (QED) is 0.532. The lowest BCUT2D eigenvalue weighted by molar-refractivity contribution is -0.376. The van der Waals surface area contributed by atoms with Gasteiger partial charge in [-0.25, -0.2) is 0 Å². The van der Waals surface area contributed by atoms with Gasteiger partial charge in [-0.15, -0.1) is 0 Å². The Hall–Kier alpha value is -1.24. The van der Waals surface area contributed by atoms with E-state index in [2.05, 4.69) is 0 Å². The summed E-state index contributed by atoms with van der Waals surface area (Å²) in [5.41, 5.74) is -5.73. The van der Waals surface area contributed by atoms with Crippen LogP contribution < -0.4 is 0 Å². The zero-order chi connectivity index (χ0) is 21.5. The van der Waals surface area contributed by atoms with Crippen molar-refractivity contribution in [3.05, 3.63) is 35.4 Å². The van der Waals surface area contributed by atoms with Gasteiger partial charge >= 0.3 is 12.4 Å². The SMILES string of the molecule is CCC(C)(C)C(CC(C)(C)C)c1ccc(C(O)(C(F)(F)F)C(F)(F)F)cc1. The molecule has 1 rings (SSSR count). The maximum Gasteiger partial charge on any atom is 0.430 e. The Morgan fingerprint density at radius 1 is 0.815 bits per heavy atom. The molecule has 1 nitrogen and oxygen atoms in total. The van der Waals surface area contributed by atoms with Gasteiger partial charge in [-0.05, 0) is 28.7 Å². The molecule has 0 spiro atoms. The van der Waals surface area contributed by atoms with Gasteiger partial charge in [0.05, 0.1) is 0 Å². The second-order valence-corrected chi connectivity index (χ2v) is 8.99. The van der Waals surface area contributed by atoms with Crippen LogP contribution in [0.1, 0.15) is 71.4 Å². The van der Waals surface area contributed by atoms with E-state index in [-0.39, 0.29) is 16.7 Å². The van der Waals surface area contributed by atoms with Crippen molar-refractivity contribution in [1.82, 2.24) is 0 Å². The summed E-state index contributed by atoms with van der Waals surface area (Å²) < 4.78 is 78.2. The molecule has 0 aliphatic carbocycles. The van der Waals surface area contributed by atoms with E-state index in [1.54, 1.807) is 0 Å². The number of alkyl halides is 6. The van der Waals surface area contributed by atoms with Crippen molar-refractivity contribution in [3.8, 4) is 0 Å². The summed E-state index contributed by atoms with van der Waals surface area (Å²) in [5.74, 6) is -0.0542. The van der Waals surface area contributed by atoms with E-state index in [1.807, 2.05) is 41.5 Å². The highest BCUT2D eigenvalue weighted by Gasteiger charge is 2.71. The Bertz CT molecular complexity index is 606. The average Bonchev–Trinajstić information content (AvgIpc) is 2.49. The summed E-state index contributed by atoms with van der Waals surface area (Å²) in [7, 11) is 0. The molecular formula is C20H28F6O. The molecule has 156 valence electrons. The van der Waals surface area contributed by atoms with Gasteiger partial charge in [-0.1, -0.05) is 72.2 Å². The molecule has 0 radical (unpaired) electrons. The van der Waals surface area contributed by atoms with Crippen LogP contribution in [0.25, 0.3) is 0 Å². The van der Waals surface area contributed by atoms with Crippen molar-refractivity contribution in [2.75, 3.05) is 0 Å². The molecule has 0 bridgehead atoms. The zero-order valence-corrected chi connectivity index (χ0v) is 16.5. The van der Waals surface area contributed by atoms with Crippen LogP contribution in [-0.4, -0.2) is 17.5 Å². The van der Waals surface area contributed by atoms with E-state index in [1.165, 1.54) is 12.1 Å². The summed E-state index contributed by atoms with van der Waals surface area (Å²) in [5, 5.41) is 9.53. The van der Waals surface area contributed by atoms with Crippen molar-refractivity contribution in [3.63, 3.8) is 0 Å². The van der Waals surface area contributed by atoms with E-state index in [4.69, 9.17) is 0 Å². The monoisotopic (exact) mass is 398 g/mol. The second-order valence-electron chi connectivity index (χ2n) is 8.99. The minimum absolute atomic E-state index is 0.0542. The highest BCUT2D eigenvalue weighted by Crippen LogP contribution is 2.51. The number of hydrogen-bond acceptors (Lipinski definition) is 1. The Morgan fingerprint density at radius 3 is 1.52 bits per heavy atom. The molecule has 1 aromatic carbocycles. The molecule has 0 heterocycles. The average molecular weight is 398 g/mol. The lowest BCUT2D eigenvalue weighted by Crippen LogP contribution is -2.53. The largest absolute Gasteiger partial charge is 0.430 e. The van der Waals surface area contributed by atoms with Gasteiger partial charge in [0, 0.05) is 5.56 Å². The van der Waals surface area contributed by atoms with Crippen LogP contribution in [0.3, 0.4) is 0 Å². The van der Waals surface area contributed by atoms with Crippen LogP contribution in [0.4, 0.5) is 26.3 Å². The second kappa shape index (κ2) is 7.30. The van der Waals surface area contributed by atoms with Crippen LogP contribution in [0, 0.1) is 10.8 Å². The van der Waals surface area contributed by atoms with E-state index < -0.39 is 23.5 Å². The Balaban J connectivity index is 3.44. The molecule has 0 saturated heterocycles. The fourth-order valence-corrected chi connectivity index (χ4v) is 3.15. The topological polar surface area (TPSA) is 20.2 Å². The van der Waals surface area contributed by atoms with Crippen molar-refractivity contribution in [2.45, 2.75) is 78.3 Å². The first-order valence-corrected chi connectivity index (χ1v) is 8.83. The van der Waals surface area contributed by atoms with Crippen LogP contribution in [0.2, 0.25) is 0 Å². The van der Waals surface area contributed by atoms with Crippen molar-refractivity contribution >= 4 is 0 Å². The highest BCUT2D eigenvalue weighted by atomic mass is 19.4. The number of halogens is 6. The van der Waals surface area contributed by atoms with E-state index in [9.17, 15) is 31.4 Å². The van der Waals surface area contributed by atoms with Crippen molar-refractivity contribution < 1.29 is 31.4 Å². The third-order valence-corrected chi connectivity index (χ3v) is 5.22. The van der Waals surface area contributed by atoms with Crippen LogP contribution in [-0.2, 0) is 5.60 Å². The number of benzene rings is 1. The smallest absolute Gasteiger partial charge is 0.369 e. The van der Waals surface area contributed by atoms with Crippen LogP contribution in [0.5, 0.6) is 0 Å². The molecule has 0 aliphatic rings. The molecule has 0 saturated carbocycles. The highest BCUT2D eigenvalue weighted by molar-refractivity contribution is 5.32. The zero-order valence-electron chi connectivity index (χ0n) is 16.5. The maximum absolute atomic E-state index is 13.0. The molecule has 27 heavy (non-hydrogen) atoms. The maximum atomic E-state index is 13.0. The predicted molar refractivity (Wildman–Crippen MR) is 93.3 cm³/mol. The lowest BCUT2D eigenvalue weighted by Gasteiger charge is -2.38. The molecule has 1 aromatic rings. The predicted octanol–water partition coefficient (Wildman–Crippen LogP) is 6.95. The fraction of sp³-hybridized carbons (Fsp3) is 0.700.